The number of H-pyrrole nitrogens is 2. The summed E-state index contributed by atoms with van der Waals surface area (Å²) in [7, 11) is 0. The molecule has 2 aromatic heterocycles. The number of aromatic nitrogens is 4. The van der Waals surface area contributed by atoms with Crippen LogP contribution in [0.3, 0.4) is 0 Å². The molecule has 0 fully saturated rings. The molecule has 3 heterocycles. The van der Waals surface area contributed by atoms with Crippen molar-refractivity contribution in [3.05, 3.63) is 92.1 Å². The van der Waals surface area contributed by atoms with Crippen LogP contribution >= 0.6 is 23.2 Å². The number of imidazole rings is 1. The third-order valence-electron chi connectivity index (χ3n) is 5.42. The third-order valence-corrected chi connectivity index (χ3v) is 5.99. The van der Waals surface area contributed by atoms with Crippen LogP contribution in [0.25, 0.3) is 22.8 Å². The summed E-state index contributed by atoms with van der Waals surface area (Å²) in [6.07, 6.45) is 0.692. The van der Waals surface area contributed by atoms with Gasteiger partial charge in [-0.15, -0.1) is 0 Å². The van der Waals surface area contributed by atoms with E-state index in [0.29, 0.717) is 41.1 Å². The predicted octanol–water partition coefficient (Wildman–Crippen LogP) is 4.69. The number of fused-ring (bicyclic) bond motifs is 1. The predicted molar refractivity (Wildman–Crippen MR) is 122 cm³/mol. The number of hydrogen-bond acceptors (Lipinski definition) is 4. The monoisotopic (exact) mass is 451 g/mol. The van der Waals surface area contributed by atoms with Crippen LogP contribution in [0.1, 0.15) is 17.0 Å². The Morgan fingerprint density at radius 1 is 0.903 bits per heavy atom. The summed E-state index contributed by atoms with van der Waals surface area (Å²) in [6, 6.07) is 17.1. The van der Waals surface area contributed by atoms with E-state index in [0.717, 1.165) is 34.9 Å². The molecule has 8 heteroatoms. The highest BCUT2D eigenvalue weighted by atomic mass is 35.5. The molecule has 4 aromatic rings. The summed E-state index contributed by atoms with van der Waals surface area (Å²) < 4.78 is 0. The lowest BCUT2D eigenvalue weighted by molar-refractivity contribution is 0.239. The second kappa shape index (κ2) is 8.30. The molecule has 0 saturated heterocycles. The van der Waals surface area contributed by atoms with Crippen molar-refractivity contribution in [1.29, 1.82) is 0 Å². The Morgan fingerprint density at radius 2 is 1.61 bits per heavy atom. The quantitative estimate of drug-likeness (QED) is 0.471. The Kier molecular flexibility index (Phi) is 5.36. The molecule has 2 N–H and O–H groups in total. The highest BCUT2D eigenvalue weighted by Gasteiger charge is 2.23. The van der Waals surface area contributed by atoms with Crippen LogP contribution in [0.4, 0.5) is 0 Å². The molecule has 0 unspecified atom stereocenters. The Balaban J connectivity index is 1.36. The molecule has 1 aliphatic rings. The zero-order valence-electron chi connectivity index (χ0n) is 16.5. The van der Waals surface area contributed by atoms with Crippen LogP contribution in [-0.4, -0.2) is 31.4 Å². The van der Waals surface area contributed by atoms with E-state index in [2.05, 4.69) is 19.9 Å². The molecule has 156 valence electrons. The summed E-state index contributed by atoms with van der Waals surface area (Å²) in [4.78, 5) is 30.4. The molecule has 0 atom stereocenters. The number of halogens is 2. The van der Waals surface area contributed by atoms with Crippen molar-refractivity contribution < 1.29 is 0 Å². The number of nitrogens with zero attached hydrogens (tertiary/aromatic N) is 3. The van der Waals surface area contributed by atoms with Gasteiger partial charge in [-0.3, -0.25) is 9.69 Å². The number of nitrogens with one attached hydrogen (secondary N) is 2. The molecule has 0 radical (unpaired) electrons. The standard InChI is InChI=1S/C23H19Cl2N5O/c24-16-8-6-15(7-9-16)22-26-18-10-11-30(12-17(18)23(31)29-22)13-19-20(25)28-21(27-19)14-4-2-1-3-5-14/h1-9H,10-13H2,(H,27,28)(H,26,29,31). The van der Waals surface area contributed by atoms with Gasteiger partial charge < -0.3 is 9.97 Å². The average Bonchev–Trinajstić information content (AvgIpc) is 3.15. The lowest BCUT2D eigenvalue weighted by atomic mass is 10.1. The summed E-state index contributed by atoms with van der Waals surface area (Å²) in [5, 5.41) is 1.10. The van der Waals surface area contributed by atoms with Crippen molar-refractivity contribution in [2.45, 2.75) is 19.5 Å². The first-order valence-corrected chi connectivity index (χ1v) is 10.7. The first-order chi connectivity index (χ1) is 15.1. The summed E-state index contributed by atoms with van der Waals surface area (Å²) in [5.74, 6) is 1.31. The molecule has 0 spiro atoms. The molecule has 5 rings (SSSR count). The van der Waals surface area contributed by atoms with Crippen LogP contribution in [0.15, 0.2) is 59.4 Å². The van der Waals surface area contributed by atoms with Gasteiger partial charge in [-0.25, -0.2) is 9.97 Å². The molecule has 31 heavy (non-hydrogen) atoms. The maximum atomic E-state index is 12.8. The van der Waals surface area contributed by atoms with Crippen molar-refractivity contribution in [1.82, 2.24) is 24.8 Å². The number of hydrogen-bond donors (Lipinski definition) is 2. The fourth-order valence-corrected chi connectivity index (χ4v) is 4.13. The van der Waals surface area contributed by atoms with Gasteiger partial charge in [0.05, 0.1) is 17.0 Å². The van der Waals surface area contributed by atoms with Gasteiger partial charge in [-0.05, 0) is 24.3 Å². The maximum Gasteiger partial charge on any atom is 0.255 e. The molecule has 0 aliphatic carbocycles. The molecule has 2 aromatic carbocycles. The maximum absolute atomic E-state index is 12.8. The second-order valence-electron chi connectivity index (χ2n) is 7.53. The first-order valence-electron chi connectivity index (χ1n) is 9.97. The number of aromatic amines is 2. The number of benzene rings is 2. The number of rotatable bonds is 4. The van der Waals surface area contributed by atoms with E-state index < -0.39 is 0 Å². The van der Waals surface area contributed by atoms with Gasteiger partial charge in [0.1, 0.15) is 11.6 Å². The van der Waals surface area contributed by atoms with Gasteiger partial charge in [0.2, 0.25) is 0 Å². The molecule has 1 aliphatic heterocycles. The van der Waals surface area contributed by atoms with Crippen molar-refractivity contribution in [3.8, 4) is 22.8 Å². The summed E-state index contributed by atoms with van der Waals surface area (Å²) in [6.45, 7) is 1.87. The van der Waals surface area contributed by atoms with E-state index in [9.17, 15) is 4.79 Å². The van der Waals surface area contributed by atoms with E-state index in [1.54, 1.807) is 12.1 Å². The lowest BCUT2D eigenvalue weighted by Gasteiger charge is -2.27. The average molecular weight is 452 g/mol. The molecule has 0 amide bonds. The first kappa shape index (κ1) is 20.0. The van der Waals surface area contributed by atoms with Gasteiger partial charge in [0.25, 0.3) is 5.56 Å². The van der Waals surface area contributed by atoms with Crippen LogP contribution in [0, 0.1) is 0 Å². The van der Waals surface area contributed by atoms with Crippen LogP contribution in [-0.2, 0) is 19.5 Å². The van der Waals surface area contributed by atoms with E-state index in [4.69, 9.17) is 28.2 Å². The Labute approximate surface area is 188 Å². The normalized spacial score (nSPS) is 13.9. The summed E-state index contributed by atoms with van der Waals surface area (Å²) in [5.41, 5.74) is 4.08. The fraction of sp³-hybridized carbons (Fsp3) is 0.174. The van der Waals surface area contributed by atoms with E-state index in [-0.39, 0.29) is 5.56 Å². The van der Waals surface area contributed by atoms with Gasteiger partial charge in [0.15, 0.2) is 5.15 Å². The van der Waals surface area contributed by atoms with Crippen molar-refractivity contribution in [3.63, 3.8) is 0 Å². The molecular weight excluding hydrogens is 433 g/mol. The molecule has 0 saturated carbocycles. The van der Waals surface area contributed by atoms with Crippen LogP contribution in [0.2, 0.25) is 10.2 Å². The van der Waals surface area contributed by atoms with Crippen LogP contribution < -0.4 is 5.56 Å². The Bertz CT molecular complexity index is 1280. The fourth-order valence-electron chi connectivity index (χ4n) is 3.81. The van der Waals surface area contributed by atoms with Crippen LogP contribution in [0.5, 0.6) is 0 Å². The Morgan fingerprint density at radius 3 is 2.39 bits per heavy atom. The lowest BCUT2D eigenvalue weighted by Crippen LogP contribution is -2.35. The molecule has 0 bridgehead atoms. The minimum atomic E-state index is -0.111. The van der Waals surface area contributed by atoms with Crippen molar-refractivity contribution >= 4 is 23.2 Å². The minimum Gasteiger partial charge on any atom is -0.339 e. The van der Waals surface area contributed by atoms with Gasteiger partial charge in [-0.2, -0.15) is 0 Å². The SMILES string of the molecule is O=c1[nH]c(-c2ccc(Cl)cc2)nc2c1CN(Cc1[nH]c(-c3ccccc3)nc1Cl)CC2. The topological polar surface area (TPSA) is 77.7 Å². The van der Waals surface area contributed by atoms with E-state index in [1.165, 1.54) is 0 Å². The molecular formula is C23H19Cl2N5O. The highest BCUT2D eigenvalue weighted by molar-refractivity contribution is 6.30. The van der Waals surface area contributed by atoms with Gasteiger partial charge >= 0.3 is 0 Å². The van der Waals surface area contributed by atoms with Crippen molar-refractivity contribution in [2.75, 3.05) is 6.54 Å². The Hall–Kier alpha value is -2.93. The smallest absolute Gasteiger partial charge is 0.255 e. The highest BCUT2D eigenvalue weighted by Crippen LogP contribution is 2.25. The van der Waals surface area contributed by atoms with Gasteiger partial charge in [0, 0.05) is 42.2 Å². The zero-order chi connectivity index (χ0) is 21.4. The van der Waals surface area contributed by atoms with Crippen molar-refractivity contribution in [2.24, 2.45) is 0 Å². The third kappa shape index (κ3) is 4.14. The van der Waals surface area contributed by atoms with E-state index >= 15 is 0 Å². The molecule has 6 nitrogen and oxygen atoms in total. The zero-order valence-corrected chi connectivity index (χ0v) is 18.0. The minimum absolute atomic E-state index is 0.111. The summed E-state index contributed by atoms with van der Waals surface area (Å²) >= 11 is 12.3. The largest absolute Gasteiger partial charge is 0.339 e. The van der Waals surface area contributed by atoms with Gasteiger partial charge in [-0.1, -0.05) is 53.5 Å². The van der Waals surface area contributed by atoms with E-state index in [1.807, 2.05) is 42.5 Å². The second-order valence-corrected chi connectivity index (χ2v) is 8.32.